The van der Waals surface area contributed by atoms with E-state index in [1.165, 1.54) is 0 Å². The summed E-state index contributed by atoms with van der Waals surface area (Å²) in [5.74, 6) is -0.157. The Hall–Kier alpha value is -1.12. The third kappa shape index (κ3) is 2.19. The molecule has 0 saturated heterocycles. The topological polar surface area (TPSA) is 32.7 Å². The standard InChI is InChI=1S/C9H14N2O/c1-7(2)11-5-8(3)4-9(12)10-6-11/h4,6-7H,5H2,1-3H3. The Morgan fingerprint density at radius 3 is 2.83 bits per heavy atom. The molecule has 3 nitrogen and oxygen atoms in total. The van der Waals surface area contributed by atoms with Crippen molar-refractivity contribution in [1.82, 2.24) is 4.90 Å². The normalized spacial score (nSPS) is 18.2. The first-order valence-corrected chi connectivity index (χ1v) is 4.10. The molecule has 0 saturated carbocycles. The molecule has 0 unspecified atom stereocenters. The van der Waals surface area contributed by atoms with E-state index in [2.05, 4.69) is 18.8 Å². The highest BCUT2D eigenvalue weighted by molar-refractivity contribution is 5.94. The number of carbonyl (C=O) groups excluding carboxylic acids is 1. The van der Waals surface area contributed by atoms with Crippen LogP contribution >= 0.6 is 0 Å². The van der Waals surface area contributed by atoms with Crippen molar-refractivity contribution in [2.45, 2.75) is 26.8 Å². The summed E-state index contributed by atoms with van der Waals surface area (Å²) in [7, 11) is 0. The highest BCUT2D eigenvalue weighted by atomic mass is 16.1. The summed E-state index contributed by atoms with van der Waals surface area (Å²) in [6.07, 6.45) is 3.21. The maximum absolute atomic E-state index is 11.0. The lowest BCUT2D eigenvalue weighted by Crippen LogP contribution is -2.30. The van der Waals surface area contributed by atoms with Gasteiger partial charge in [-0.05, 0) is 26.3 Å². The number of amides is 1. The van der Waals surface area contributed by atoms with Crippen LogP contribution in [0.5, 0.6) is 0 Å². The maximum atomic E-state index is 11.0. The molecular weight excluding hydrogens is 152 g/mol. The maximum Gasteiger partial charge on any atom is 0.271 e. The number of nitrogens with zero attached hydrogens (tertiary/aromatic N) is 2. The van der Waals surface area contributed by atoms with Crippen LogP contribution in [0.2, 0.25) is 0 Å². The fraction of sp³-hybridized carbons (Fsp3) is 0.556. The van der Waals surface area contributed by atoms with Gasteiger partial charge in [-0.1, -0.05) is 0 Å². The van der Waals surface area contributed by atoms with Gasteiger partial charge >= 0.3 is 0 Å². The fourth-order valence-electron chi connectivity index (χ4n) is 1.07. The number of hydrogen-bond donors (Lipinski definition) is 0. The smallest absolute Gasteiger partial charge is 0.271 e. The average molecular weight is 166 g/mol. The third-order valence-corrected chi connectivity index (χ3v) is 1.80. The average Bonchev–Trinajstić information content (AvgIpc) is 2.11. The summed E-state index contributed by atoms with van der Waals surface area (Å²) in [6, 6.07) is 0.392. The number of rotatable bonds is 1. The van der Waals surface area contributed by atoms with Crippen LogP contribution in [0.3, 0.4) is 0 Å². The molecule has 0 N–H and O–H groups in total. The lowest BCUT2D eigenvalue weighted by molar-refractivity contribution is -0.113. The Balaban J connectivity index is 2.78. The molecule has 0 radical (unpaired) electrons. The van der Waals surface area contributed by atoms with E-state index in [1.54, 1.807) is 12.4 Å². The van der Waals surface area contributed by atoms with Gasteiger partial charge in [-0.25, -0.2) is 4.99 Å². The van der Waals surface area contributed by atoms with Crippen molar-refractivity contribution in [2.75, 3.05) is 6.54 Å². The fourth-order valence-corrected chi connectivity index (χ4v) is 1.07. The van der Waals surface area contributed by atoms with Gasteiger partial charge in [0.25, 0.3) is 5.91 Å². The zero-order chi connectivity index (χ0) is 9.14. The number of aliphatic imine (C=N–C) groups is 1. The van der Waals surface area contributed by atoms with E-state index in [9.17, 15) is 4.79 Å². The zero-order valence-electron chi connectivity index (χ0n) is 7.74. The van der Waals surface area contributed by atoms with Crippen LogP contribution in [0, 0.1) is 0 Å². The highest BCUT2D eigenvalue weighted by Gasteiger charge is 2.09. The first kappa shape index (κ1) is 8.97. The van der Waals surface area contributed by atoms with Crippen LogP contribution in [-0.4, -0.2) is 29.7 Å². The van der Waals surface area contributed by atoms with Crippen molar-refractivity contribution >= 4 is 12.2 Å². The van der Waals surface area contributed by atoms with Crippen LogP contribution < -0.4 is 0 Å². The van der Waals surface area contributed by atoms with Crippen LogP contribution in [0.25, 0.3) is 0 Å². The summed E-state index contributed by atoms with van der Waals surface area (Å²) in [5, 5.41) is 0. The van der Waals surface area contributed by atoms with E-state index in [1.807, 2.05) is 11.8 Å². The first-order valence-electron chi connectivity index (χ1n) is 4.10. The molecule has 0 aromatic rings. The van der Waals surface area contributed by atoms with E-state index >= 15 is 0 Å². The summed E-state index contributed by atoms with van der Waals surface area (Å²) in [6.45, 7) is 6.90. The van der Waals surface area contributed by atoms with Crippen LogP contribution in [0.15, 0.2) is 16.6 Å². The first-order chi connectivity index (χ1) is 5.59. The van der Waals surface area contributed by atoms with E-state index < -0.39 is 0 Å². The molecule has 0 spiro atoms. The summed E-state index contributed by atoms with van der Waals surface area (Å²) < 4.78 is 0. The summed E-state index contributed by atoms with van der Waals surface area (Å²) >= 11 is 0. The minimum atomic E-state index is -0.157. The van der Waals surface area contributed by atoms with Gasteiger partial charge in [0, 0.05) is 18.7 Å². The van der Waals surface area contributed by atoms with E-state index in [0.29, 0.717) is 6.04 Å². The molecule has 0 bridgehead atoms. The molecule has 0 aromatic carbocycles. The molecule has 66 valence electrons. The predicted molar refractivity (Wildman–Crippen MR) is 49.1 cm³/mol. The second-order valence-corrected chi connectivity index (χ2v) is 3.34. The molecule has 1 aliphatic rings. The van der Waals surface area contributed by atoms with Gasteiger partial charge in [0.2, 0.25) is 0 Å². The molecule has 1 heterocycles. The molecule has 0 atom stereocenters. The third-order valence-electron chi connectivity index (χ3n) is 1.80. The van der Waals surface area contributed by atoms with Crippen molar-refractivity contribution < 1.29 is 4.79 Å². The van der Waals surface area contributed by atoms with Gasteiger partial charge in [0.1, 0.15) is 0 Å². The monoisotopic (exact) mass is 166 g/mol. The Morgan fingerprint density at radius 2 is 2.25 bits per heavy atom. The van der Waals surface area contributed by atoms with Crippen molar-refractivity contribution in [3.8, 4) is 0 Å². The van der Waals surface area contributed by atoms with E-state index in [-0.39, 0.29) is 5.91 Å². The SMILES string of the molecule is CC1=CC(=O)N=CN(C(C)C)C1. The van der Waals surface area contributed by atoms with Gasteiger partial charge in [-0.2, -0.15) is 0 Å². The predicted octanol–water partition coefficient (Wildman–Crippen LogP) is 1.21. The molecule has 0 fully saturated rings. The van der Waals surface area contributed by atoms with Crippen molar-refractivity contribution in [1.29, 1.82) is 0 Å². The second kappa shape index (κ2) is 3.52. The molecule has 1 rings (SSSR count). The van der Waals surface area contributed by atoms with Gasteiger partial charge in [-0.15, -0.1) is 0 Å². The molecule has 1 amide bonds. The number of carbonyl (C=O) groups is 1. The largest absolute Gasteiger partial charge is 0.356 e. The molecule has 1 aliphatic heterocycles. The summed E-state index contributed by atoms with van der Waals surface area (Å²) in [4.78, 5) is 16.8. The van der Waals surface area contributed by atoms with E-state index in [4.69, 9.17) is 0 Å². The molecule has 3 heteroatoms. The summed E-state index contributed by atoms with van der Waals surface area (Å²) in [5.41, 5.74) is 1.06. The van der Waals surface area contributed by atoms with Gasteiger partial charge < -0.3 is 4.90 Å². The Labute approximate surface area is 72.8 Å². The Kier molecular flexibility index (Phi) is 2.63. The quantitative estimate of drug-likeness (QED) is 0.586. The Morgan fingerprint density at radius 1 is 1.58 bits per heavy atom. The molecule has 12 heavy (non-hydrogen) atoms. The van der Waals surface area contributed by atoms with Crippen LogP contribution in [-0.2, 0) is 4.79 Å². The molecule has 0 aliphatic carbocycles. The van der Waals surface area contributed by atoms with Crippen LogP contribution in [0.4, 0.5) is 0 Å². The highest BCUT2D eigenvalue weighted by Crippen LogP contribution is 2.05. The Bertz CT molecular complexity index is 241. The van der Waals surface area contributed by atoms with Crippen molar-refractivity contribution in [3.63, 3.8) is 0 Å². The van der Waals surface area contributed by atoms with Gasteiger partial charge in [-0.3, -0.25) is 4.79 Å². The zero-order valence-corrected chi connectivity index (χ0v) is 7.74. The molecular formula is C9H14N2O. The van der Waals surface area contributed by atoms with E-state index in [0.717, 1.165) is 12.1 Å². The lowest BCUT2D eigenvalue weighted by atomic mass is 10.2. The van der Waals surface area contributed by atoms with Crippen molar-refractivity contribution in [2.24, 2.45) is 4.99 Å². The van der Waals surface area contributed by atoms with Crippen LogP contribution in [0.1, 0.15) is 20.8 Å². The minimum Gasteiger partial charge on any atom is -0.356 e. The molecule has 0 aromatic heterocycles. The lowest BCUT2D eigenvalue weighted by Gasteiger charge is -2.22. The minimum absolute atomic E-state index is 0.157. The van der Waals surface area contributed by atoms with Gasteiger partial charge in [0.15, 0.2) is 0 Å². The van der Waals surface area contributed by atoms with Gasteiger partial charge in [0.05, 0.1) is 6.34 Å². The second-order valence-electron chi connectivity index (χ2n) is 3.34. The number of hydrogen-bond acceptors (Lipinski definition) is 2. The van der Waals surface area contributed by atoms with Crippen molar-refractivity contribution in [3.05, 3.63) is 11.6 Å².